The van der Waals surface area contributed by atoms with E-state index in [-0.39, 0.29) is 11.5 Å². The topological polar surface area (TPSA) is 85.0 Å². The lowest BCUT2D eigenvalue weighted by Crippen LogP contribution is -2.22. The van der Waals surface area contributed by atoms with E-state index in [0.29, 0.717) is 18.5 Å². The van der Waals surface area contributed by atoms with Crippen LogP contribution in [0.25, 0.3) is 10.9 Å². The summed E-state index contributed by atoms with van der Waals surface area (Å²) in [6.07, 6.45) is 2.91. The van der Waals surface area contributed by atoms with E-state index in [1.54, 1.807) is 12.1 Å². The number of benzene rings is 2. The molecule has 0 aliphatic rings. The molecule has 0 aliphatic carbocycles. The van der Waals surface area contributed by atoms with Gasteiger partial charge in [-0.3, -0.25) is 4.79 Å². The number of amides is 1. The van der Waals surface area contributed by atoms with Gasteiger partial charge in [0.05, 0.1) is 5.97 Å². The van der Waals surface area contributed by atoms with Crippen molar-refractivity contribution in [1.29, 1.82) is 0 Å². The molecule has 0 bridgehead atoms. The summed E-state index contributed by atoms with van der Waals surface area (Å²) in [6, 6.07) is 13.9. The number of carbonyl (C=O) groups is 2. The van der Waals surface area contributed by atoms with Crippen molar-refractivity contribution in [2.24, 2.45) is 0 Å². The number of aryl methyl sites for hydroxylation is 1. The van der Waals surface area contributed by atoms with Crippen molar-refractivity contribution in [3.05, 3.63) is 65.9 Å². The van der Waals surface area contributed by atoms with E-state index in [9.17, 15) is 14.7 Å². The number of aromatic nitrogens is 1. The lowest BCUT2D eigenvalue weighted by Gasteiger charge is -2.07. The highest BCUT2D eigenvalue weighted by Crippen LogP contribution is 2.19. The number of aromatic carboxylic acids is 1. The first kappa shape index (κ1) is 14.8. The van der Waals surface area contributed by atoms with Crippen LogP contribution in [-0.4, -0.2) is 16.9 Å². The van der Waals surface area contributed by atoms with Crippen molar-refractivity contribution in [2.75, 3.05) is 5.32 Å². The van der Waals surface area contributed by atoms with Gasteiger partial charge in [-0.2, -0.15) is 0 Å². The maximum atomic E-state index is 12.0. The first-order valence-electron chi connectivity index (χ1n) is 7.30. The average Bonchev–Trinajstić information content (AvgIpc) is 2.97. The Balaban J connectivity index is 1.60. The zero-order valence-corrected chi connectivity index (χ0v) is 12.3. The lowest BCUT2D eigenvalue weighted by molar-refractivity contribution is -0.255. The Morgan fingerprint density at radius 1 is 1.04 bits per heavy atom. The minimum atomic E-state index is -1.23. The monoisotopic (exact) mass is 307 g/mol. The number of carbonyl (C=O) groups excluding carboxylic acids is 2. The highest BCUT2D eigenvalue weighted by atomic mass is 16.4. The van der Waals surface area contributed by atoms with Crippen molar-refractivity contribution in [1.82, 2.24) is 4.98 Å². The molecular weight excluding hydrogens is 292 g/mol. The number of nitrogens with one attached hydrogen (secondary N) is 2. The zero-order valence-electron chi connectivity index (χ0n) is 12.3. The summed E-state index contributed by atoms with van der Waals surface area (Å²) in [6.45, 7) is 0. The second-order valence-corrected chi connectivity index (χ2v) is 5.27. The number of anilines is 1. The fourth-order valence-corrected chi connectivity index (χ4v) is 2.50. The van der Waals surface area contributed by atoms with Crippen LogP contribution in [0.5, 0.6) is 0 Å². The highest BCUT2D eigenvalue weighted by Gasteiger charge is 2.07. The predicted molar refractivity (Wildman–Crippen MR) is 86.0 cm³/mol. The van der Waals surface area contributed by atoms with Crippen molar-refractivity contribution in [3.8, 4) is 0 Å². The fourth-order valence-electron chi connectivity index (χ4n) is 2.50. The Morgan fingerprint density at radius 3 is 2.52 bits per heavy atom. The van der Waals surface area contributed by atoms with Gasteiger partial charge in [-0.1, -0.05) is 30.3 Å². The molecule has 3 aromatic rings. The Kier molecular flexibility index (Phi) is 4.10. The summed E-state index contributed by atoms with van der Waals surface area (Å²) >= 11 is 0. The zero-order chi connectivity index (χ0) is 16.2. The van der Waals surface area contributed by atoms with E-state index in [4.69, 9.17) is 0 Å². The second kappa shape index (κ2) is 6.36. The molecule has 5 nitrogen and oxygen atoms in total. The van der Waals surface area contributed by atoms with Crippen LogP contribution in [0.2, 0.25) is 0 Å². The van der Waals surface area contributed by atoms with Gasteiger partial charge in [-0.25, -0.2) is 0 Å². The smallest absolute Gasteiger partial charge is 0.224 e. The van der Waals surface area contributed by atoms with Gasteiger partial charge in [0.25, 0.3) is 0 Å². The van der Waals surface area contributed by atoms with Gasteiger partial charge < -0.3 is 20.2 Å². The number of aromatic amines is 1. The number of H-pyrrole nitrogens is 1. The molecule has 0 aliphatic heterocycles. The molecule has 1 amide bonds. The SMILES string of the molecule is O=C(CCc1c[nH]c2ccccc12)Nc1ccc(C(=O)[O-])cc1. The number of carboxylic acid groups (broad SMARTS) is 1. The van der Waals surface area contributed by atoms with Crippen LogP contribution in [-0.2, 0) is 11.2 Å². The van der Waals surface area contributed by atoms with E-state index in [1.165, 1.54) is 12.1 Å². The van der Waals surface area contributed by atoms with E-state index in [1.807, 2.05) is 30.5 Å². The first-order chi connectivity index (χ1) is 11.1. The number of carboxylic acids is 1. The standard InChI is InChI=1S/C18H16N2O3/c21-17(20-14-8-5-12(6-9-14)18(22)23)10-7-13-11-19-16-4-2-1-3-15(13)16/h1-6,8-9,11,19H,7,10H2,(H,20,21)(H,22,23)/p-1. The number of para-hydroxylation sites is 1. The van der Waals surface area contributed by atoms with Crippen LogP contribution >= 0.6 is 0 Å². The van der Waals surface area contributed by atoms with Crippen molar-refractivity contribution in [3.63, 3.8) is 0 Å². The molecule has 116 valence electrons. The summed E-state index contributed by atoms with van der Waals surface area (Å²) in [5.41, 5.74) is 2.81. The maximum Gasteiger partial charge on any atom is 0.224 e. The lowest BCUT2D eigenvalue weighted by atomic mass is 10.1. The van der Waals surface area contributed by atoms with Gasteiger partial charge in [0.1, 0.15) is 0 Å². The molecule has 0 unspecified atom stereocenters. The minimum absolute atomic E-state index is 0.0850. The van der Waals surface area contributed by atoms with Crippen LogP contribution in [0.3, 0.4) is 0 Å². The van der Waals surface area contributed by atoms with Crippen molar-refractivity contribution in [2.45, 2.75) is 12.8 Å². The molecule has 0 radical (unpaired) electrons. The molecule has 1 heterocycles. The van der Waals surface area contributed by atoms with Gasteiger partial charge in [-0.05, 0) is 35.7 Å². The Morgan fingerprint density at radius 2 is 1.78 bits per heavy atom. The van der Waals surface area contributed by atoms with E-state index in [0.717, 1.165) is 16.5 Å². The molecule has 23 heavy (non-hydrogen) atoms. The molecular formula is C18H15N2O3-. The number of fused-ring (bicyclic) bond motifs is 1. The molecule has 5 heteroatoms. The van der Waals surface area contributed by atoms with Gasteiger partial charge in [-0.15, -0.1) is 0 Å². The normalized spacial score (nSPS) is 10.6. The van der Waals surface area contributed by atoms with Gasteiger partial charge in [0.15, 0.2) is 0 Å². The predicted octanol–water partition coefficient (Wildman–Crippen LogP) is 2.10. The van der Waals surface area contributed by atoms with Crippen LogP contribution in [0.4, 0.5) is 5.69 Å². The first-order valence-corrected chi connectivity index (χ1v) is 7.30. The Bertz CT molecular complexity index is 850. The van der Waals surface area contributed by atoms with Crippen molar-refractivity contribution >= 4 is 28.5 Å². The molecule has 2 aromatic carbocycles. The molecule has 2 N–H and O–H groups in total. The van der Waals surface area contributed by atoms with Crippen LogP contribution < -0.4 is 10.4 Å². The summed E-state index contributed by atoms with van der Waals surface area (Å²) in [4.78, 5) is 25.9. The quantitative estimate of drug-likeness (QED) is 0.757. The summed E-state index contributed by atoms with van der Waals surface area (Å²) in [5.74, 6) is -1.35. The third-order valence-electron chi connectivity index (χ3n) is 3.70. The van der Waals surface area contributed by atoms with Gasteiger partial charge in [0.2, 0.25) is 5.91 Å². The molecule has 0 fully saturated rings. The minimum Gasteiger partial charge on any atom is -0.545 e. The average molecular weight is 307 g/mol. The molecule has 1 aromatic heterocycles. The van der Waals surface area contributed by atoms with Crippen LogP contribution in [0.1, 0.15) is 22.3 Å². The molecule has 0 atom stereocenters. The molecule has 0 saturated carbocycles. The van der Waals surface area contributed by atoms with Crippen molar-refractivity contribution < 1.29 is 14.7 Å². The Labute approximate surface area is 133 Å². The van der Waals surface area contributed by atoms with E-state index in [2.05, 4.69) is 10.3 Å². The number of hydrogen-bond acceptors (Lipinski definition) is 3. The molecule has 3 rings (SSSR count). The van der Waals surface area contributed by atoms with Gasteiger partial charge in [0, 0.05) is 29.2 Å². The number of rotatable bonds is 5. The van der Waals surface area contributed by atoms with Crippen LogP contribution in [0, 0.1) is 0 Å². The summed E-state index contributed by atoms with van der Waals surface area (Å²) < 4.78 is 0. The third-order valence-corrected chi connectivity index (χ3v) is 3.70. The van der Waals surface area contributed by atoms with Gasteiger partial charge >= 0.3 is 0 Å². The maximum absolute atomic E-state index is 12.0. The summed E-state index contributed by atoms with van der Waals surface area (Å²) in [7, 11) is 0. The largest absolute Gasteiger partial charge is 0.545 e. The fraction of sp³-hybridized carbons (Fsp3) is 0.111. The molecule has 0 saturated heterocycles. The third kappa shape index (κ3) is 3.40. The Hall–Kier alpha value is -3.08. The second-order valence-electron chi connectivity index (χ2n) is 5.27. The highest BCUT2D eigenvalue weighted by molar-refractivity contribution is 5.92. The van der Waals surface area contributed by atoms with E-state index < -0.39 is 5.97 Å². The van der Waals surface area contributed by atoms with Crippen LogP contribution in [0.15, 0.2) is 54.7 Å². The molecule has 0 spiro atoms. The summed E-state index contributed by atoms with van der Waals surface area (Å²) in [5, 5.41) is 14.6. The number of hydrogen-bond donors (Lipinski definition) is 2. The van der Waals surface area contributed by atoms with E-state index >= 15 is 0 Å².